The molecular weight excluding hydrogens is 280 g/mol. The molecule has 6 nitrogen and oxygen atoms in total. The zero-order chi connectivity index (χ0) is 13.5. The standard InChI is InChI=1S/C10H11ClN2O4S/c1-6-4-9(6)12-18(16,17)7-2-3-8(11)10(5-7)13(14)15/h2-3,5-6,9,12H,4H2,1H3. The highest BCUT2D eigenvalue weighted by atomic mass is 35.5. The molecule has 2 unspecified atom stereocenters. The molecule has 0 amide bonds. The third-order valence-electron chi connectivity index (χ3n) is 2.84. The SMILES string of the molecule is CC1CC1NS(=O)(=O)c1ccc(Cl)c([N+](=O)[O-])c1. The molecule has 1 aromatic carbocycles. The molecule has 0 bridgehead atoms. The fourth-order valence-electron chi connectivity index (χ4n) is 1.55. The molecule has 0 radical (unpaired) electrons. The van der Waals surface area contributed by atoms with Gasteiger partial charge in [-0.05, 0) is 24.5 Å². The zero-order valence-electron chi connectivity index (χ0n) is 9.46. The van der Waals surface area contributed by atoms with Crippen LogP contribution < -0.4 is 4.72 Å². The summed E-state index contributed by atoms with van der Waals surface area (Å²) >= 11 is 5.63. The molecule has 1 saturated carbocycles. The van der Waals surface area contributed by atoms with Crippen LogP contribution in [-0.2, 0) is 10.0 Å². The maximum absolute atomic E-state index is 11.9. The highest BCUT2D eigenvalue weighted by Gasteiger charge is 2.36. The fourth-order valence-corrected chi connectivity index (χ4v) is 3.12. The normalized spacial score (nSPS) is 22.8. The Balaban J connectivity index is 2.33. The average Bonchev–Trinajstić information content (AvgIpc) is 2.92. The van der Waals surface area contributed by atoms with Crippen LogP contribution in [-0.4, -0.2) is 19.4 Å². The van der Waals surface area contributed by atoms with E-state index >= 15 is 0 Å². The van der Waals surface area contributed by atoms with Crippen LogP contribution in [0.25, 0.3) is 0 Å². The van der Waals surface area contributed by atoms with E-state index in [1.807, 2.05) is 6.92 Å². The molecule has 0 spiro atoms. The summed E-state index contributed by atoms with van der Waals surface area (Å²) in [5.74, 6) is 0.307. The predicted octanol–water partition coefficient (Wildman–Crippen LogP) is 1.93. The van der Waals surface area contributed by atoms with Crippen LogP contribution >= 0.6 is 11.6 Å². The summed E-state index contributed by atoms with van der Waals surface area (Å²) in [5.41, 5.74) is -0.414. The van der Waals surface area contributed by atoms with Gasteiger partial charge in [0, 0.05) is 12.1 Å². The van der Waals surface area contributed by atoms with Crippen LogP contribution in [0.4, 0.5) is 5.69 Å². The van der Waals surface area contributed by atoms with Crippen LogP contribution in [0.2, 0.25) is 5.02 Å². The van der Waals surface area contributed by atoms with Gasteiger partial charge in [-0.2, -0.15) is 0 Å². The first kappa shape index (κ1) is 13.3. The molecule has 0 aliphatic heterocycles. The van der Waals surface area contributed by atoms with Gasteiger partial charge in [-0.1, -0.05) is 18.5 Å². The second-order valence-corrected chi connectivity index (χ2v) is 6.43. The molecule has 2 atom stereocenters. The molecule has 0 saturated heterocycles. The number of nitro benzene ring substituents is 1. The van der Waals surface area contributed by atoms with Gasteiger partial charge in [-0.3, -0.25) is 10.1 Å². The summed E-state index contributed by atoms with van der Waals surface area (Å²) in [7, 11) is -3.72. The predicted molar refractivity (Wildman–Crippen MR) is 66.0 cm³/mol. The molecule has 1 aliphatic rings. The van der Waals surface area contributed by atoms with E-state index in [4.69, 9.17) is 11.6 Å². The summed E-state index contributed by atoms with van der Waals surface area (Å²) < 4.78 is 26.4. The van der Waals surface area contributed by atoms with Crippen molar-refractivity contribution in [2.75, 3.05) is 0 Å². The maximum Gasteiger partial charge on any atom is 0.289 e. The van der Waals surface area contributed by atoms with Gasteiger partial charge in [-0.25, -0.2) is 13.1 Å². The molecule has 8 heteroatoms. The van der Waals surface area contributed by atoms with E-state index < -0.39 is 20.6 Å². The maximum atomic E-state index is 11.9. The molecule has 98 valence electrons. The van der Waals surface area contributed by atoms with Crippen molar-refractivity contribution in [2.24, 2.45) is 5.92 Å². The largest absolute Gasteiger partial charge is 0.289 e. The molecule has 1 aliphatic carbocycles. The molecule has 1 aromatic rings. The van der Waals surface area contributed by atoms with Gasteiger partial charge in [0.2, 0.25) is 10.0 Å². The number of hydrogen-bond acceptors (Lipinski definition) is 4. The second kappa shape index (κ2) is 4.49. The number of sulfonamides is 1. The lowest BCUT2D eigenvalue weighted by Gasteiger charge is -2.06. The summed E-state index contributed by atoms with van der Waals surface area (Å²) in [6.45, 7) is 1.93. The molecule has 2 rings (SSSR count). The fraction of sp³-hybridized carbons (Fsp3) is 0.400. The quantitative estimate of drug-likeness (QED) is 0.678. The van der Waals surface area contributed by atoms with Crippen molar-refractivity contribution >= 4 is 27.3 Å². The number of hydrogen-bond donors (Lipinski definition) is 1. The number of nitro groups is 1. The van der Waals surface area contributed by atoms with Gasteiger partial charge in [0.05, 0.1) is 9.82 Å². The Hall–Kier alpha value is -1.18. The highest BCUT2D eigenvalue weighted by Crippen LogP contribution is 2.32. The van der Waals surface area contributed by atoms with Gasteiger partial charge in [0.15, 0.2) is 0 Å². The van der Waals surface area contributed by atoms with E-state index in [0.717, 1.165) is 12.5 Å². The van der Waals surface area contributed by atoms with E-state index in [0.29, 0.717) is 5.92 Å². The van der Waals surface area contributed by atoms with Crippen LogP contribution in [0, 0.1) is 16.0 Å². The van der Waals surface area contributed by atoms with Crippen LogP contribution in [0.15, 0.2) is 23.1 Å². The van der Waals surface area contributed by atoms with Crippen molar-refractivity contribution in [2.45, 2.75) is 24.3 Å². The molecule has 18 heavy (non-hydrogen) atoms. The first-order valence-electron chi connectivity index (χ1n) is 5.27. The Bertz CT molecular complexity index is 602. The van der Waals surface area contributed by atoms with Crippen LogP contribution in [0.3, 0.4) is 0 Å². The van der Waals surface area contributed by atoms with Crippen molar-refractivity contribution in [1.82, 2.24) is 4.72 Å². The third kappa shape index (κ3) is 2.63. The van der Waals surface area contributed by atoms with Crippen molar-refractivity contribution < 1.29 is 13.3 Å². The number of rotatable bonds is 4. The molecular formula is C10H11ClN2O4S. The van der Waals surface area contributed by atoms with Crippen LogP contribution in [0.5, 0.6) is 0 Å². The van der Waals surface area contributed by atoms with Gasteiger partial charge in [0.25, 0.3) is 5.69 Å². The van der Waals surface area contributed by atoms with Crippen molar-refractivity contribution in [1.29, 1.82) is 0 Å². The Kier molecular flexibility index (Phi) is 3.31. The summed E-state index contributed by atoms with van der Waals surface area (Å²) in [4.78, 5) is 9.85. The first-order valence-corrected chi connectivity index (χ1v) is 7.13. The van der Waals surface area contributed by atoms with E-state index in [9.17, 15) is 18.5 Å². The molecule has 0 heterocycles. The minimum absolute atomic E-state index is 0.0789. The molecule has 0 aromatic heterocycles. The van der Waals surface area contributed by atoms with E-state index in [2.05, 4.69) is 4.72 Å². The van der Waals surface area contributed by atoms with Gasteiger partial charge >= 0.3 is 0 Å². The summed E-state index contributed by atoms with van der Waals surface area (Å²) in [6.07, 6.45) is 0.787. The van der Waals surface area contributed by atoms with Crippen molar-refractivity contribution in [3.05, 3.63) is 33.3 Å². The first-order chi connectivity index (χ1) is 8.31. The monoisotopic (exact) mass is 290 g/mol. The number of benzene rings is 1. The number of nitrogens with one attached hydrogen (secondary N) is 1. The zero-order valence-corrected chi connectivity index (χ0v) is 11.0. The van der Waals surface area contributed by atoms with Crippen molar-refractivity contribution in [3.63, 3.8) is 0 Å². The average molecular weight is 291 g/mol. The second-order valence-electron chi connectivity index (χ2n) is 4.31. The number of halogens is 1. The Morgan fingerprint density at radius 1 is 1.50 bits per heavy atom. The highest BCUT2D eigenvalue weighted by molar-refractivity contribution is 7.89. The topological polar surface area (TPSA) is 89.3 Å². The minimum Gasteiger partial charge on any atom is -0.258 e. The van der Waals surface area contributed by atoms with Gasteiger partial charge in [0.1, 0.15) is 5.02 Å². The van der Waals surface area contributed by atoms with E-state index in [1.54, 1.807) is 0 Å². The van der Waals surface area contributed by atoms with E-state index in [-0.39, 0.29) is 16.0 Å². The van der Waals surface area contributed by atoms with Gasteiger partial charge < -0.3 is 0 Å². The lowest BCUT2D eigenvalue weighted by molar-refractivity contribution is -0.384. The van der Waals surface area contributed by atoms with Crippen LogP contribution in [0.1, 0.15) is 13.3 Å². The Morgan fingerprint density at radius 3 is 2.61 bits per heavy atom. The smallest absolute Gasteiger partial charge is 0.258 e. The van der Waals surface area contributed by atoms with Crippen molar-refractivity contribution in [3.8, 4) is 0 Å². The summed E-state index contributed by atoms with van der Waals surface area (Å²) in [6, 6.07) is 3.36. The van der Waals surface area contributed by atoms with E-state index in [1.165, 1.54) is 12.1 Å². The number of nitrogens with zero attached hydrogens (tertiary/aromatic N) is 1. The molecule has 1 N–H and O–H groups in total. The molecule has 1 fully saturated rings. The third-order valence-corrected chi connectivity index (χ3v) is 4.65. The lowest BCUT2D eigenvalue weighted by Crippen LogP contribution is -2.26. The van der Waals surface area contributed by atoms with Gasteiger partial charge in [-0.15, -0.1) is 0 Å². The Morgan fingerprint density at radius 2 is 2.11 bits per heavy atom. The Labute approximate surface area is 109 Å². The summed E-state index contributed by atoms with van der Waals surface area (Å²) in [5, 5.41) is 10.6. The lowest BCUT2D eigenvalue weighted by atomic mass is 10.3. The minimum atomic E-state index is -3.72.